The SMILES string of the molecule is Cl.N#CCC(N)c1cc(F)cc(F)c1. The lowest BCUT2D eigenvalue weighted by molar-refractivity contribution is 0.574. The molecular formula is C9H9ClF2N2. The van der Waals surface area contributed by atoms with Gasteiger partial charge < -0.3 is 5.73 Å². The third-order valence-corrected chi connectivity index (χ3v) is 1.62. The lowest BCUT2D eigenvalue weighted by Crippen LogP contribution is -2.09. The number of hydrogen-bond acceptors (Lipinski definition) is 2. The summed E-state index contributed by atoms with van der Waals surface area (Å²) in [5, 5.41) is 8.32. The zero-order chi connectivity index (χ0) is 9.84. The maximum Gasteiger partial charge on any atom is 0.126 e. The molecule has 0 aromatic heterocycles. The van der Waals surface area contributed by atoms with Gasteiger partial charge in [-0.15, -0.1) is 12.4 Å². The first-order valence-corrected chi connectivity index (χ1v) is 3.72. The van der Waals surface area contributed by atoms with Crippen LogP contribution in [0.3, 0.4) is 0 Å². The van der Waals surface area contributed by atoms with E-state index in [4.69, 9.17) is 11.0 Å². The van der Waals surface area contributed by atoms with Crippen LogP contribution in [0.5, 0.6) is 0 Å². The molecule has 1 aromatic carbocycles. The number of nitrogens with zero attached hydrogens (tertiary/aromatic N) is 1. The quantitative estimate of drug-likeness (QED) is 0.828. The van der Waals surface area contributed by atoms with Gasteiger partial charge in [0.1, 0.15) is 11.6 Å². The molecule has 14 heavy (non-hydrogen) atoms. The Balaban J connectivity index is 0.00000169. The fraction of sp³-hybridized carbons (Fsp3) is 0.222. The Labute approximate surface area is 86.7 Å². The molecule has 0 amide bonds. The second-order valence-corrected chi connectivity index (χ2v) is 2.67. The van der Waals surface area contributed by atoms with E-state index in [0.29, 0.717) is 5.56 Å². The number of nitriles is 1. The third kappa shape index (κ3) is 3.29. The van der Waals surface area contributed by atoms with Gasteiger partial charge >= 0.3 is 0 Å². The van der Waals surface area contributed by atoms with Gasteiger partial charge in [0.15, 0.2) is 0 Å². The van der Waals surface area contributed by atoms with E-state index in [1.54, 1.807) is 0 Å². The molecule has 0 aliphatic rings. The molecule has 1 rings (SSSR count). The second kappa shape index (κ2) is 5.53. The van der Waals surface area contributed by atoms with Crippen LogP contribution in [0.15, 0.2) is 18.2 Å². The van der Waals surface area contributed by atoms with Crippen molar-refractivity contribution in [1.82, 2.24) is 0 Å². The number of hydrogen-bond donors (Lipinski definition) is 1. The lowest BCUT2D eigenvalue weighted by Gasteiger charge is -2.07. The molecule has 1 unspecified atom stereocenters. The highest BCUT2D eigenvalue weighted by molar-refractivity contribution is 5.85. The van der Waals surface area contributed by atoms with Gasteiger partial charge in [-0.25, -0.2) is 8.78 Å². The van der Waals surface area contributed by atoms with Gasteiger partial charge in [0.05, 0.1) is 12.5 Å². The van der Waals surface area contributed by atoms with Crippen LogP contribution in [0.2, 0.25) is 0 Å². The molecule has 5 heteroatoms. The lowest BCUT2D eigenvalue weighted by atomic mass is 10.1. The number of rotatable bonds is 2. The Bertz CT molecular complexity index is 329. The van der Waals surface area contributed by atoms with Crippen molar-refractivity contribution < 1.29 is 8.78 Å². The van der Waals surface area contributed by atoms with Crippen LogP contribution in [0.1, 0.15) is 18.0 Å². The smallest absolute Gasteiger partial charge is 0.126 e. The Kier molecular flexibility index (Phi) is 5.06. The maximum atomic E-state index is 12.7. The second-order valence-electron chi connectivity index (χ2n) is 2.67. The molecule has 2 N–H and O–H groups in total. The van der Waals surface area contributed by atoms with E-state index in [1.165, 1.54) is 0 Å². The summed E-state index contributed by atoms with van der Waals surface area (Å²) in [6, 6.07) is 4.23. The van der Waals surface area contributed by atoms with Gasteiger partial charge in [-0.2, -0.15) is 5.26 Å². The van der Waals surface area contributed by atoms with Gasteiger partial charge in [-0.05, 0) is 17.7 Å². The van der Waals surface area contributed by atoms with Gasteiger partial charge in [0.25, 0.3) is 0 Å². The third-order valence-electron chi connectivity index (χ3n) is 1.62. The van der Waals surface area contributed by atoms with Gasteiger partial charge in [-0.3, -0.25) is 0 Å². The van der Waals surface area contributed by atoms with Crippen LogP contribution in [0.4, 0.5) is 8.78 Å². The Morgan fingerprint density at radius 2 is 1.79 bits per heavy atom. The molecule has 0 saturated carbocycles. The van der Waals surface area contributed by atoms with Gasteiger partial charge in [-0.1, -0.05) is 0 Å². The van der Waals surface area contributed by atoms with Crippen LogP contribution in [0, 0.1) is 23.0 Å². The summed E-state index contributed by atoms with van der Waals surface area (Å²) in [6.07, 6.45) is 0.0445. The molecule has 0 aliphatic heterocycles. The van der Waals surface area contributed by atoms with Crippen LogP contribution in [-0.4, -0.2) is 0 Å². The summed E-state index contributed by atoms with van der Waals surface area (Å²) in [5.74, 6) is -1.35. The highest BCUT2D eigenvalue weighted by Crippen LogP contribution is 2.16. The molecule has 2 nitrogen and oxygen atoms in total. The molecule has 0 saturated heterocycles. The van der Waals surface area contributed by atoms with E-state index in [0.717, 1.165) is 18.2 Å². The van der Waals surface area contributed by atoms with E-state index in [1.807, 2.05) is 6.07 Å². The Morgan fingerprint density at radius 1 is 1.29 bits per heavy atom. The predicted molar refractivity (Wildman–Crippen MR) is 50.8 cm³/mol. The summed E-state index contributed by atoms with van der Waals surface area (Å²) in [7, 11) is 0. The van der Waals surface area contributed by atoms with E-state index >= 15 is 0 Å². The minimum absolute atomic E-state index is 0. The summed E-state index contributed by atoms with van der Waals surface area (Å²) in [4.78, 5) is 0. The zero-order valence-electron chi connectivity index (χ0n) is 7.21. The number of halogens is 3. The minimum Gasteiger partial charge on any atom is -0.323 e. The first-order valence-electron chi connectivity index (χ1n) is 3.72. The average molecular weight is 219 g/mol. The largest absolute Gasteiger partial charge is 0.323 e. The van der Waals surface area contributed by atoms with Crippen molar-refractivity contribution in [2.75, 3.05) is 0 Å². The fourth-order valence-corrected chi connectivity index (χ4v) is 1.01. The monoisotopic (exact) mass is 218 g/mol. The number of nitrogens with two attached hydrogens (primary N) is 1. The molecule has 1 atom stereocenters. The average Bonchev–Trinajstić information content (AvgIpc) is 2.03. The highest BCUT2D eigenvalue weighted by atomic mass is 35.5. The van der Waals surface area contributed by atoms with Crippen molar-refractivity contribution in [2.24, 2.45) is 5.73 Å². The van der Waals surface area contributed by atoms with E-state index in [-0.39, 0.29) is 18.8 Å². The van der Waals surface area contributed by atoms with Crippen molar-refractivity contribution in [3.8, 4) is 6.07 Å². The first-order chi connectivity index (χ1) is 6.13. The van der Waals surface area contributed by atoms with Crippen molar-refractivity contribution >= 4 is 12.4 Å². The topological polar surface area (TPSA) is 49.8 Å². The maximum absolute atomic E-state index is 12.7. The first kappa shape index (κ1) is 12.8. The normalized spacial score (nSPS) is 11.3. The molecule has 0 aliphatic carbocycles. The van der Waals surface area contributed by atoms with Crippen molar-refractivity contribution in [2.45, 2.75) is 12.5 Å². The number of benzene rings is 1. The van der Waals surface area contributed by atoms with Crippen molar-refractivity contribution in [3.05, 3.63) is 35.4 Å². The Hall–Kier alpha value is -1.18. The van der Waals surface area contributed by atoms with E-state index < -0.39 is 17.7 Å². The fourth-order valence-electron chi connectivity index (χ4n) is 1.01. The van der Waals surface area contributed by atoms with Crippen LogP contribution in [0.25, 0.3) is 0 Å². The van der Waals surface area contributed by atoms with Crippen LogP contribution >= 0.6 is 12.4 Å². The summed E-state index contributed by atoms with van der Waals surface area (Å²) in [5.41, 5.74) is 5.79. The van der Waals surface area contributed by atoms with Gasteiger partial charge in [0.2, 0.25) is 0 Å². The molecular weight excluding hydrogens is 210 g/mol. The molecule has 1 aromatic rings. The molecule has 0 heterocycles. The predicted octanol–water partition coefficient (Wildman–Crippen LogP) is 2.30. The summed E-state index contributed by atoms with van der Waals surface area (Å²) in [6.45, 7) is 0. The summed E-state index contributed by atoms with van der Waals surface area (Å²) < 4.78 is 25.3. The molecule has 0 radical (unpaired) electrons. The van der Waals surface area contributed by atoms with Crippen LogP contribution in [-0.2, 0) is 0 Å². The van der Waals surface area contributed by atoms with Gasteiger partial charge in [0, 0.05) is 12.1 Å². The van der Waals surface area contributed by atoms with Crippen molar-refractivity contribution in [3.63, 3.8) is 0 Å². The molecule has 0 spiro atoms. The van der Waals surface area contributed by atoms with Crippen molar-refractivity contribution in [1.29, 1.82) is 5.26 Å². The summed E-state index contributed by atoms with van der Waals surface area (Å²) >= 11 is 0. The zero-order valence-corrected chi connectivity index (χ0v) is 8.02. The molecule has 0 fully saturated rings. The highest BCUT2D eigenvalue weighted by Gasteiger charge is 2.08. The minimum atomic E-state index is -0.677. The van der Waals surface area contributed by atoms with E-state index in [2.05, 4.69) is 0 Å². The molecule has 0 bridgehead atoms. The molecule has 76 valence electrons. The van der Waals surface area contributed by atoms with Crippen LogP contribution < -0.4 is 5.73 Å². The van der Waals surface area contributed by atoms with E-state index in [9.17, 15) is 8.78 Å². The Morgan fingerprint density at radius 3 is 2.21 bits per heavy atom. The standard InChI is InChI=1S/C9H8F2N2.ClH/c10-7-3-6(4-8(11)5-7)9(13)1-2-12;/h3-5,9H,1,13H2;1H.